The Labute approximate surface area is 467 Å². The monoisotopic (exact) mass is 1100 g/mol. The molecule has 11 atom stereocenters. The Bertz CT molecular complexity index is 2420. The summed E-state index contributed by atoms with van der Waals surface area (Å²) in [5.41, 5.74) is -0.614. The van der Waals surface area contributed by atoms with Crippen LogP contribution in [0, 0.1) is 23.7 Å². The molecule has 2 fully saturated rings. The van der Waals surface area contributed by atoms with Crippen molar-refractivity contribution in [2.24, 2.45) is 23.7 Å². The van der Waals surface area contributed by atoms with E-state index in [0.29, 0.717) is 24.8 Å². The van der Waals surface area contributed by atoms with Crippen molar-refractivity contribution in [2.45, 2.75) is 181 Å². The van der Waals surface area contributed by atoms with Crippen molar-refractivity contribution in [1.29, 1.82) is 0 Å². The molecule has 4 rings (SSSR count). The average Bonchev–Trinajstić information content (AvgIpc) is 3.95. The van der Waals surface area contributed by atoms with Crippen LogP contribution in [-0.4, -0.2) is 189 Å². The van der Waals surface area contributed by atoms with Crippen LogP contribution in [0.15, 0.2) is 60.7 Å². The van der Waals surface area contributed by atoms with E-state index >= 15 is 9.59 Å². The van der Waals surface area contributed by atoms with Gasteiger partial charge < -0.3 is 55.4 Å². The molecule has 20 heteroatoms. The Morgan fingerprint density at radius 3 is 1.59 bits per heavy atom. The fourth-order valence-electron chi connectivity index (χ4n) is 10.8. The molecule has 0 saturated carbocycles. The van der Waals surface area contributed by atoms with E-state index in [0.717, 1.165) is 15.4 Å². The lowest BCUT2D eigenvalue weighted by molar-refractivity contribution is -0.177. The maximum absolute atomic E-state index is 15.3. The minimum Gasteiger partial charge on any atom is -0.450 e. The van der Waals surface area contributed by atoms with Crippen LogP contribution < -0.4 is 16.0 Å². The molecule has 0 unspecified atom stereocenters. The molecule has 0 aliphatic carbocycles. The Morgan fingerprint density at radius 2 is 1.10 bits per heavy atom. The van der Waals surface area contributed by atoms with E-state index < -0.39 is 137 Å². The van der Waals surface area contributed by atoms with Crippen LogP contribution in [0.3, 0.4) is 0 Å². The topological polar surface area (TPSA) is 256 Å². The third-order valence-electron chi connectivity index (χ3n) is 15.8. The maximum Gasteiger partial charge on any atom is 0.332 e. The predicted molar refractivity (Wildman–Crippen MR) is 298 cm³/mol. The number of nitrogens with one attached hydrogen (secondary N) is 3. The van der Waals surface area contributed by atoms with Crippen LogP contribution in [0.5, 0.6) is 0 Å². The van der Waals surface area contributed by atoms with E-state index in [1.807, 2.05) is 43.3 Å². The van der Waals surface area contributed by atoms with Crippen LogP contribution in [0.4, 0.5) is 0 Å². The first-order valence-electron chi connectivity index (χ1n) is 28.0. The Kier molecular flexibility index (Phi) is 24.0. The second-order valence-corrected chi connectivity index (χ2v) is 22.9. The van der Waals surface area contributed by atoms with Crippen molar-refractivity contribution in [2.75, 3.05) is 41.3 Å². The molecule has 2 aliphatic heterocycles. The number of ether oxygens (including phenoxy) is 1. The zero-order chi connectivity index (χ0) is 59.2. The smallest absolute Gasteiger partial charge is 0.332 e. The lowest BCUT2D eigenvalue weighted by atomic mass is 9.94. The van der Waals surface area contributed by atoms with E-state index in [4.69, 9.17) is 4.74 Å². The molecular formula is C59H90N8O12. The number of rotatable bonds is 14. The van der Waals surface area contributed by atoms with Gasteiger partial charge in [-0.05, 0) is 74.8 Å². The molecule has 2 heterocycles. The summed E-state index contributed by atoms with van der Waals surface area (Å²) >= 11 is 0. The van der Waals surface area contributed by atoms with Crippen LogP contribution in [0.1, 0.15) is 119 Å². The van der Waals surface area contributed by atoms with Crippen molar-refractivity contribution < 1.29 is 58.1 Å². The van der Waals surface area contributed by atoms with Gasteiger partial charge >= 0.3 is 5.97 Å². The standard InChI is InChI=1S/C59H90N8O12/c1-15-37(7)45-56(75)64(12)46(35(3)4)51(70)60-41(29-24-32-68)53(72)66(14)49(59(9,10)78)58(77)79-48(38(8)16-2)57(76)65(13)47(36(5)6)52(71)61-42(33-39-25-19-17-20-26-39)54(73)63(11)44(34-40-27-21-18-22-28-40)55(74)67-31-23-30-43(67)50(69)62-45/h17-22,25-28,35-38,41-49,68,78H,15-16,23-24,29-34H2,1-14H3,(H,60,70)(H,61,71)(H,62,69)/t37-,38-,41+,42+,43+,44+,45+,46+,47+,48-,49-/m1/s1. The summed E-state index contributed by atoms with van der Waals surface area (Å²) in [4.78, 5) is 140. The molecule has 79 heavy (non-hydrogen) atoms. The Balaban J connectivity index is 1.97. The number of nitrogens with zero attached hydrogens (tertiary/aromatic N) is 5. The molecule has 2 aromatic rings. The number of aliphatic hydroxyl groups is 2. The fourth-order valence-corrected chi connectivity index (χ4v) is 10.8. The lowest BCUT2D eigenvalue weighted by Gasteiger charge is -2.39. The third kappa shape index (κ3) is 16.4. The zero-order valence-electron chi connectivity index (χ0n) is 49.1. The van der Waals surface area contributed by atoms with Gasteiger partial charge in [-0.25, -0.2) is 4.79 Å². The number of benzene rings is 2. The molecule has 0 bridgehead atoms. The third-order valence-corrected chi connectivity index (χ3v) is 15.8. The molecule has 438 valence electrons. The molecule has 2 aromatic carbocycles. The molecule has 2 aliphatic rings. The SMILES string of the molecule is CC[C@@H](C)[C@@H]1NC(=O)[C@@H]2CCCN2C(=O)[C@H](Cc2ccccc2)N(C)C(=O)[C@H](Cc2ccccc2)NC(=O)[C@H](C(C)C)N(C)C(=O)[C@@H]([C@H](C)CC)OC(=O)[C@H](C(C)(C)O)N(C)C(=O)[C@H](CCCO)NC(=O)[C@H](C(C)C)N(C)C1=O. The second kappa shape index (κ2) is 29.2. The van der Waals surface area contributed by atoms with Crippen LogP contribution in [-0.2, 0) is 60.7 Å². The highest BCUT2D eigenvalue weighted by molar-refractivity contribution is 5.99. The van der Waals surface area contributed by atoms with E-state index in [1.165, 1.54) is 56.7 Å². The highest BCUT2D eigenvalue weighted by Crippen LogP contribution is 2.27. The maximum atomic E-state index is 15.3. The highest BCUT2D eigenvalue weighted by atomic mass is 16.6. The summed E-state index contributed by atoms with van der Waals surface area (Å²) in [7, 11) is 5.55. The molecule has 0 spiro atoms. The van der Waals surface area contributed by atoms with Crippen LogP contribution >= 0.6 is 0 Å². The van der Waals surface area contributed by atoms with Crippen molar-refractivity contribution in [3.05, 3.63) is 71.8 Å². The molecule has 5 N–H and O–H groups in total. The summed E-state index contributed by atoms with van der Waals surface area (Å²) in [6.45, 7) is 16.3. The highest BCUT2D eigenvalue weighted by Gasteiger charge is 2.48. The largest absolute Gasteiger partial charge is 0.450 e. The summed E-state index contributed by atoms with van der Waals surface area (Å²) < 4.78 is 6.05. The first kappa shape index (κ1) is 65.1. The summed E-state index contributed by atoms with van der Waals surface area (Å²) in [6, 6.07) is 7.69. The van der Waals surface area contributed by atoms with Crippen molar-refractivity contribution in [3.8, 4) is 0 Å². The summed E-state index contributed by atoms with van der Waals surface area (Å²) in [5, 5.41) is 30.2. The number of aliphatic hydroxyl groups excluding tert-OH is 1. The molecule has 2 saturated heterocycles. The van der Waals surface area contributed by atoms with E-state index in [9.17, 15) is 43.8 Å². The number of carbonyl (C=O) groups excluding carboxylic acids is 9. The number of esters is 1. The van der Waals surface area contributed by atoms with Gasteiger partial charge in [-0.2, -0.15) is 0 Å². The van der Waals surface area contributed by atoms with Gasteiger partial charge in [0.2, 0.25) is 41.4 Å². The summed E-state index contributed by atoms with van der Waals surface area (Å²) in [5.74, 6) is -8.91. The molecule has 20 nitrogen and oxygen atoms in total. The van der Waals surface area contributed by atoms with E-state index in [1.54, 1.807) is 72.7 Å². The van der Waals surface area contributed by atoms with Crippen LogP contribution in [0.2, 0.25) is 0 Å². The van der Waals surface area contributed by atoms with Gasteiger partial charge in [0.05, 0.1) is 5.60 Å². The van der Waals surface area contributed by atoms with Crippen molar-refractivity contribution >= 4 is 53.2 Å². The minimum atomic E-state index is -2.01. The Morgan fingerprint density at radius 1 is 0.608 bits per heavy atom. The first-order chi connectivity index (χ1) is 37.1. The van der Waals surface area contributed by atoms with Gasteiger partial charge in [0.15, 0.2) is 12.1 Å². The van der Waals surface area contributed by atoms with Crippen molar-refractivity contribution in [3.63, 3.8) is 0 Å². The number of hydrogen-bond acceptors (Lipinski definition) is 12. The quantitative estimate of drug-likeness (QED) is 0.171. The summed E-state index contributed by atoms with van der Waals surface area (Å²) in [6.07, 6.45) is -0.208. The molecule has 0 aromatic heterocycles. The van der Waals surface area contributed by atoms with E-state index in [-0.39, 0.29) is 45.3 Å². The van der Waals surface area contributed by atoms with Gasteiger partial charge in [-0.3, -0.25) is 38.4 Å². The van der Waals surface area contributed by atoms with Gasteiger partial charge in [0, 0.05) is 60.1 Å². The van der Waals surface area contributed by atoms with Gasteiger partial charge in [0.25, 0.3) is 5.91 Å². The number of likely N-dealkylation sites (N-methyl/N-ethyl adjacent to an activating group) is 4. The van der Waals surface area contributed by atoms with Gasteiger partial charge in [-0.1, -0.05) is 122 Å². The number of cyclic esters (lactones) is 1. The molecule has 8 amide bonds. The Hall–Kier alpha value is -6.41. The first-order valence-corrected chi connectivity index (χ1v) is 28.0. The molecular weight excluding hydrogens is 1010 g/mol. The number of hydrogen-bond donors (Lipinski definition) is 5. The normalized spacial score (nSPS) is 26.4. The molecule has 0 radical (unpaired) electrons. The van der Waals surface area contributed by atoms with Crippen LogP contribution in [0.25, 0.3) is 0 Å². The lowest BCUT2D eigenvalue weighted by Crippen LogP contribution is -2.63. The predicted octanol–water partition coefficient (Wildman–Crippen LogP) is 3.10. The number of carbonyl (C=O) groups is 9. The van der Waals surface area contributed by atoms with Gasteiger partial charge in [-0.15, -0.1) is 0 Å². The number of amides is 8. The average molecular weight is 1100 g/mol. The van der Waals surface area contributed by atoms with Gasteiger partial charge in [0.1, 0.15) is 42.3 Å². The fraction of sp³-hybridized carbons (Fsp3) is 0.644. The second-order valence-electron chi connectivity index (χ2n) is 22.9. The number of fused-ring (bicyclic) bond motifs is 1. The minimum absolute atomic E-state index is 0.0178. The zero-order valence-corrected chi connectivity index (χ0v) is 49.1. The van der Waals surface area contributed by atoms with E-state index in [2.05, 4.69) is 16.0 Å². The van der Waals surface area contributed by atoms with Crippen molar-refractivity contribution in [1.82, 2.24) is 40.4 Å².